The fourth-order valence-corrected chi connectivity index (χ4v) is 0.729. The Morgan fingerprint density at radius 3 is 2.92 bits per heavy atom. The van der Waals surface area contributed by atoms with Crippen molar-refractivity contribution in [1.29, 1.82) is 0 Å². The molecule has 3 nitrogen and oxygen atoms in total. The monoisotopic (exact) mass is 191 g/mol. The molecule has 1 unspecified atom stereocenters. The van der Waals surface area contributed by atoms with Gasteiger partial charge >= 0.3 is 5.97 Å². The molecule has 0 saturated carbocycles. The fraction of sp³-hybridized carbons (Fsp3) is 0.625. The number of carbonyl (C=O) groups excluding carboxylic acids is 1. The highest BCUT2D eigenvalue weighted by molar-refractivity contribution is 6.25. The van der Waals surface area contributed by atoms with Crippen molar-refractivity contribution in [3.05, 3.63) is 11.6 Å². The molecule has 0 aromatic carbocycles. The molecule has 4 heteroatoms. The summed E-state index contributed by atoms with van der Waals surface area (Å²) in [7, 11) is 0. The summed E-state index contributed by atoms with van der Waals surface area (Å²) in [5, 5.41) is 2.92. The Morgan fingerprint density at radius 2 is 2.42 bits per heavy atom. The van der Waals surface area contributed by atoms with Gasteiger partial charge in [0.2, 0.25) is 0 Å². The van der Waals surface area contributed by atoms with Crippen molar-refractivity contribution in [3.63, 3.8) is 0 Å². The molecule has 0 rings (SSSR count). The van der Waals surface area contributed by atoms with Crippen molar-refractivity contribution in [2.45, 2.75) is 19.9 Å². The number of hydrogen-bond donors (Lipinski definition) is 1. The lowest BCUT2D eigenvalue weighted by Gasteiger charge is -2.10. The minimum atomic E-state index is -0.280. The normalized spacial score (nSPS) is 13.2. The molecule has 70 valence electrons. The summed E-state index contributed by atoms with van der Waals surface area (Å²) in [4.78, 5) is 11.0. The van der Waals surface area contributed by atoms with Crippen molar-refractivity contribution in [2.75, 3.05) is 13.2 Å². The molecule has 0 heterocycles. The zero-order valence-electron chi connectivity index (χ0n) is 7.34. The third kappa shape index (κ3) is 5.16. The highest BCUT2D eigenvalue weighted by Gasteiger charge is 2.10. The predicted octanol–water partition coefficient (Wildman–Crippen LogP) is 1.28. The molecule has 0 aliphatic heterocycles. The molecule has 0 aromatic rings. The van der Waals surface area contributed by atoms with Gasteiger partial charge in [-0.15, -0.1) is 0 Å². The van der Waals surface area contributed by atoms with Gasteiger partial charge in [0.15, 0.2) is 0 Å². The summed E-state index contributed by atoms with van der Waals surface area (Å²) < 4.78 is 4.78. The van der Waals surface area contributed by atoms with E-state index in [1.807, 2.05) is 0 Å². The number of nitrogens with one attached hydrogen (secondary N) is 1. The minimum Gasteiger partial charge on any atom is -0.465 e. The maximum absolute atomic E-state index is 11.0. The van der Waals surface area contributed by atoms with Crippen LogP contribution in [0.3, 0.4) is 0 Å². The van der Waals surface area contributed by atoms with E-state index in [1.165, 1.54) is 5.54 Å². The third-order valence-electron chi connectivity index (χ3n) is 1.27. The summed E-state index contributed by atoms with van der Waals surface area (Å²) in [5.74, 6) is -0.236. The molecule has 0 aliphatic rings. The topological polar surface area (TPSA) is 38.3 Å². The van der Waals surface area contributed by atoms with Gasteiger partial charge in [-0.3, -0.25) is 4.79 Å². The van der Waals surface area contributed by atoms with Gasteiger partial charge in [-0.25, -0.2) is 0 Å². The molecule has 0 radical (unpaired) electrons. The quantitative estimate of drug-likeness (QED) is 0.666. The van der Waals surface area contributed by atoms with E-state index < -0.39 is 0 Å². The molecule has 1 N–H and O–H groups in total. The lowest BCUT2D eigenvalue weighted by atomic mass is 10.3. The van der Waals surface area contributed by atoms with E-state index in [0.717, 1.165) is 0 Å². The zero-order chi connectivity index (χ0) is 9.40. The first-order chi connectivity index (χ1) is 5.72. The first kappa shape index (κ1) is 11.5. The van der Waals surface area contributed by atoms with Crippen LogP contribution < -0.4 is 5.32 Å². The van der Waals surface area contributed by atoms with Crippen molar-refractivity contribution in [1.82, 2.24) is 5.32 Å². The van der Waals surface area contributed by atoms with Crippen LogP contribution in [-0.4, -0.2) is 25.2 Å². The first-order valence-corrected chi connectivity index (χ1v) is 4.31. The molecule has 1 atom stereocenters. The Labute approximate surface area is 77.7 Å². The molecule has 0 spiro atoms. The number of ether oxygens (including phenoxy) is 1. The molecule has 12 heavy (non-hydrogen) atoms. The highest BCUT2D eigenvalue weighted by atomic mass is 35.5. The zero-order valence-corrected chi connectivity index (χ0v) is 8.10. The highest BCUT2D eigenvalue weighted by Crippen LogP contribution is 1.87. The number of esters is 1. The molecular weight excluding hydrogens is 178 g/mol. The minimum absolute atomic E-state index is 0.236. The van der Waals surface area contributed by atoms with Crippen LogP contribution in [0.5, 0.6) is 0 Å². The van der Waals surface area contributed by atoms with Crippen LogP contribution in [0.2, 0.25) is 0 Å². The maximum atomic E-state index is 11.0. The second-order valence-electron chi connectivity index (χ2n) is 2.24. The molecular formula is C8H14ClNO2. The van der Waals surface area contributed by atoms with Gasteiger partial charge in [0.1, 0.15) is 6.04 Å². The van der Waals surface area contributed by atoms with Gasteiger partial charge in [0, 0.05) is 12.1 Å². The summed E-state index contributed by atoms with van der Waals surface area (Å²) in [6, 6.07) is -0.280. The number of rotatable bonds is 5. The van der Waals surface area contributed by atoms with E-state index in [9.17, 15) is 4.79 Å². The van der Waals surface area contributed by atoms with E-state index in [-0.39, 0.29) is 12.0 Å². The number of hydrogen-bond acceptors (Lipinski definition) is 3. The van der Waals surface area contributed by atoms with Crippen LogP contribution in [0.15, 0.2) is 11.6 Å². The summed E-state index contributed by atoms with van der Waals surface area (Å²) in [6.45, 7) is 4.52. The SMILES string of the molecule is CCOC(=O)C(C)NC/C=C/Cl. The van der Waals surface area contributed by atoms with Gasteiger partial charge in [-0.1, -0.05) is 17.7 Å². The Kier molecular flexibility index (Phi) is 6.81. The molecule has 0 aliphatic carbocycles. The second-order valence-corrected chi connectivity index (χ2v) is 2.50. The molecule has 0 aromatic heterocycles. The van der Waals surface area contributed by atoms with Crippen molar-refractivity contribution < 1.29 is 9.53 Å². The van der Waals surface area contributed by atoms with Gasteiger partial charge in [0.05, 0.1) is 6.61 Å². The lowest BCUT2D eigenvalue weighted by Crippen LogP contribution is -2.35. The van der Waals surface area contributed by atoms with Crippen LogP contribution in [-0.2, 0) is 9.53 Å². The summed E-state index contributed by atoms with van der Waals surface area (Å²) in [6.07, 6.45) is 1.72. The summed E-state index contributed by atoms with van der Waals surface area (Å²) >= 11 is 5.29. The van der Waals surface area contributed by atoms with E-state index in [1.54, 1.807) is 19.9 Å². The predicted molar refractivity (Wildman–Crippen MR) is 49.1 cm³/mol. The van der Waals surface area contributed by atoms with E-state index in [2.05, 4.69) is 5.32 Å². The van der Waals surface area contributed by atoms with Crippen molar-refractivity contribution in [2.24, 2.45) is 0 Å². The largest absolute Gasteiger partial charge is 0.465 e. The second kappa shape index (κ2) is 7.13. The van der Waals surface area contributed by atoms with Gasteiger partial charge in [-0.05, 0) is 13.8 Å². The lowest BCUT2D eigenvalue weighted by molar-refractivity contribution is -0.145. The van der Waals surface area contributed by atoms with Crippen LogP contribution in [0.4, 0.5) is 0 Å². The number of carbonyl (C=O) groups is 1. The van der Waals surface area contributed by atoms with Crippen LogP contribution in [0.1, 0.15) is 13.8 Å². The fourth-order valence-electron chi connectivity index (χ4n) is 0.640. The average molecular weight is 192 g/mol. The molecule has 0 saturated heterocycles. The molecule has 0 fully saturated rings. The average Bonchev–Trinajstić information content (AvgIpc) is 2.05. The Balaban J connectivity index is 3.56. The molecule has 0 amide bonds. The Hall–Kier alpha value is -0.540. The molecule has 0 bridgehead atoms. The third-order valence-corrected chi connectivity index (χ3v) is 1.45. The van der Waals surface area contributed by atoms with Crippen LogP contribution in [0, 0.1) is 0 Å². The summed E-state index contributed by atoms with van der Waals surface area (Å²) in [5.41, 5.74) is 1.41. The van der Waals surface area contributed by atoms with Crippen molar-refractivity contribution >= 4 is 17.6 Å². The van der Waals surface area contributed by atoms with Gasteiger partial charge in [0.25, 0.3) is 0 Å². The maximum Gasteiger partial charge on any atom is 0.322 e. The van der Waals surface area contributed by atoms with Crippen LogP contribution in [0.25, 0.3) is 0 Å². The van der Waals surface area contributed by atoms with Gasteiger partial charge < -0.3 is 10.1 Å². The van der Waals surface area contributed by atoms with E-state index >= 15 is 0 Å². The number of halogens is 1. The Bertz CT molecular complexity index is 159. The van der Waals surface area contributed by atoms with Crippen molar-refractivity contribution in [3.8, 4) is 0 Å². The van der Waals surface area contributed by atoms with E-state index in [0.29, 0.717) is 13.2 Å². The smallest absolute Gasteiger partial charge is 0.322 e. The van der Waals surface area contributed by atoms with E-state index in [4.69, 9.17) is 16.3 Å². The van der Waals surface area contributed by atoms with Crippen LogP contribution >= 0.6 is 11.6 Å². The standard InChI is InChI=1S/C8H14ClNO2/c1-3-12-8(11)7(2)10-6-4-5-9/h4-5,7,10H,3,6H2,1-2H3/b5-4+. The Morgan fingerprint density at radius 1 is 1.75 bits per heavy atom. The van der Waals surface area contributed by atoms with Gasteiger partial charge in [-0.2, -0.15) is 0 Å². The first-order valence-electron chi connectivity index (χ1n) is 3.87.